The number of sulfonamides is 1. The molecular weight excluding hydrogens is 929 g/mol. The topological polar surface area (TPSA) is 214 Å². The van der Waals surface area contributed by atoms with E-state index in [0.717, 1.165) is 73.8 Å². The highest BCUT2D eigenvalue weighted by Gasteiger charge is 2.55. The fraction of sp³-hybridized carbons (Fsp3) is 0.500. The maximum Gasteiger partial charge on any atom is 0.293 e. The largest absolute Gasteiger partial charge is 0.491 e. The maximum absolute atomic E-state index is 14.7. The Bertz CT molecular complexity index is 2940. The molecule has 4 aliphatic heterocycles. The SMILES string of the molecule is CC(C)Oc1ccccc1[C@@H]1COCCN1C1CC2(C1)CN(c1ccc(C(=O)NS(=O)(=O)c3ccc(NCC4CCC(C)(O)CC4)c([N+](=O)[O-])c3)c(N3c4cc5cc[nH]c5nc4O[C@H]4COCC[C@@H]43)c1)C2. The summed E-state index contributed by atoms with van der Waals surface area (Å²) < 4.78 is 55.3. The average Bonchev–Trinajstić information content (AvgIpc) is 3.78. The first-order valence-electron chi connectivity index (χ1n) is 24.9. The first-order valence-corrected chi connectivity index (χ1v) is 26.4. The summed E-state index contributed by atoms with van der Waals surface area (Å²) in [6.07, 6.45) is 6.84. The van der Waals surface area contributed by atoms with E-state index in [9.17, 15) is 28.4 Å². The lowest BCUT2D eigenvalue weighted by Gasteiger charge is -2.63. The summed E-state index contributed by atoms with van der Waals surface area (Å²) in [5.74, 6) is 0.559. The Balaban J connectivity index is 0.869. The minimum absolute atomic E-state index is 0.0535. The Labute approximate surface area is 413 Å². The van der Waals surface area contributed by atoms with E-state index in [4.69, 9.17) is 23.9 Å². The third kappa shape index (κ3) is 9.26. The van der Waals surface area contributed by atoms with Gasteiger partial charge in [0, 0.05) is 73.1 Å². The van der Waals surface area contributed by atoms with Crippen molar-refractivity contribution in [3.8, 4) is 11.6 Å². The lowest BCUT2D eigenvalue weighted by molar-refractivity contribution is -0.384. The van der Waals surface area contributed by atoms with Gasteiger partial charge in [-0.25, -0.2) is 13.1 Å². The van der Waals surface area contributed by atoms with E-state index >= 15 is 0 Å². The molecule has 18 nitrogen and oxygen atoms in total. The van der Waals surface area contributed by atoms with Crippen molar-refractivity contribution >= 4 is 55.4 Å². The van der Waals surface area contributed by atoms with Crippen molar-refractivity contribution in [2.24, 2.45) is 11.3 Å². The Morgan fingerprint density at radius 1 is 1.00 bits per heavy atom. The number of hydrogen-bond donors (Lipinski definition) is 4. The molecule has 376 valence electrons. The van der Waals surface area contributed by atoms with Crippen LogP contribution in [-0.2, 0) is 19.5 Å². The van der Waals surface area contributed by atoms with Gasteiger partial charge in [-0.05, 0) is 120 Å². The molecule has 1 spiro atoms. The molecular formula is C52H62N8O10S. The maximum atomic E-state index is 14.7. The molecule has 3 atom stereocenters. The molecule has 2 aliphatic carbocycles. The molecule has 19 heteroatoms. The molecule has 5 fully saturated rings. The van der Waals surface area contributed by atoms with Crippen LogP contribution in [-0.4, -0.2) is 122 Å². The summed E-state index contributed by atoms with van der Waals surface area (Å²) in [4.78, 5) is 41.0. The van der Waals surface area contributed by atoms with Gasteiger partial charge in [-0.2, -0.15) is 4.98 Å². The fourth-order valence-electron chi connectivity index (χ4n) is 11.9. The summed E-state index contributed by atoms with van der Waals surface area (Å²) in [6, 6.07) is 21.5. The number of nitrogens with one attached hydrogen (secondary N) is 3. The molecule has 5 aromatic rings. The van der Waals surface area contributed by atoms with Gasteiger partial charge in [0.25, 0.3) is 21.6 Å². The van der Waals surface area contributed by atoms with Crippen molar-refractivity contribution in [2.75, 3.05) is 67.7 Å². The van der Waals surface area contributed by atoms with Crippen LogP contribution in [0.25, 0.3) is 11.0 Å². The van der Waals surface area contributed by atoms with Crippen molar-refractivity contribution in [2.45, 2.75) is 107 Å². The van der Waals surface area contributed by atoms with E-state index in [1.54, 1.807) is 12.3 Å². The van der Waals surface area contributed by atoms with E-state index in [1.807, 2.05) is 57.2 Å². The normalized spacial score (nSPS) is 25.4. The Morgan fingerprint density at radius 2 is 1.79 bits per heavy atom. The van der Waals surface area contributed by atoms with Gasteiger partial charge in [0.05, 0.1) is 64.7 Å². The highest BCUT2D eigenvalue weighted by Crippen LogP contribution is 2.54. The van der Waals surface area contributed by atoms with Gasteiger partial charge in [-0.3, -0.25) is 19.8 Å². The number of ether oxygens (including phenoxy) is 4. The van der Waals surface area contributed by atoms with Crippen molar-refractivity contribution in [1.82, 2.24) is 19.6 Å². The second kappa shape index (κ2) is 18.6. The molecule has 2 saturated carbocycles. The van der Waals surface area contributed by atoms with E-state index in [0.29, 0.717) is 81.2 Å². The van der Waals surface area contributed by atoms with E-state index in [-0.39, 0.29) is 40.8 Å². The van der Waals surface area contributed by atoms with Crippen molar-refractivity contribution in [1.29, 1.82) is 0 Å². The number of aromatic amines is 1. The van der Waals surface area contributed by atoms with Gasteiger partial charge >= 0.3 is 0 Å². The second-order valence-electron chi connectivity index (χ2n) is 21.0. The number of fused-ring (bicyclic) bond motifs is 3. The van der Waals surface area contributed by atoms with Crippen LogP contribution in [0.3, 0.4) is 0 Å². The smallest absolute Gasteiger partial charge is 0.293 e. The zero-order chi connectivity index (χ0) is 49.2. The Kier molecular flexibility index (Phi) is 12.4. The molecule has 6 heterocycles. The quantitative estimate of drug-likeness (QED) is 0.0666. The number of para-hydroxylation sites is 1. The van der Waals surface area contributed by atoms with Crippen molar-refractivity contribution in [3.05, 3.63) is 100 Å². The molecule has 0 unspecified atom stereocenters. The van der Waals surface area contributed by atoms with Crippen molar-refractivity contribution < 1.29 is 42.2 Å². The first-order chi connectivity index (χ1) is 34.1. The number of amides is 1. The third-order valence-electron chi connectivity index (χ3n) is 15.6. The molecule has 0 radical (unpaired) electrons. The van der Waals surface area contributed by atoms with Gasteiger partial charge in [-0.15, -0.1) is 0 Å². The predicted octanol–water partition coefficient (Wildman–Crippen LogP) is 7.46. The Morgan fingerprint density at radius 3 is 2.58 bits per heavy atom. The first kappa shape index (κ1) is 47.3. The number of nitro groups is 1. The summed E-state index contributed by atoms with van der Waals surface area (Å²) >= 11 is 0. The van der Waals surface area contributed by atoms with E-state index in [2.05, 4.69) is 41.9 Å². The van der Waals surface area contributed by atoms with Crippen LogP contribution in [0.2, 0.25) is 0 Å². The van der Waals surface area contributed by atoms with Gasteiger partial charge in [0.2, 0.25) is 5.88 Å². The lowest BCUT2D eigenvalue weighted by atomic mass is 9.59. The summed E-state index contributed by atoms with van der Waals surface area (Å²) in [5.41, 5.74) is 3.04. The third-order valence-corrected chi connectivity index (χ3v) is 16.9. The molecule has 11 rings (SSSR count). The zero-order valence-corrected chi connectivity index (χ0v) is 41.2. The van der Waals surface area contributed by atoms with Crippen LogP contribution < -0.4 is 29.3 Å². The number of rotatable bonds is 13. The minimum atomic E-state index is -4.63. The molecule has 3 saturated heterocycles. The summed E-state index contributed by atoms with van der Waals surface area (Å²) in [7, 11) is -4.63. The number of hydrogen-bond acceptors (Lipinski definition) is 15. The van der Waals surface area contributed by atoms with Gasteiger partial charge in [-0.1, -0.05) is 18.2 Å². The molecule has 6 aliphatic rings. The van der Waals surface area contributed by atoms with Crippen molar-refractivity contribution in [3.63, 3.8) is 0 Å². The number of nitrogens with zero attached hydrogens (tertiary/aromatic N) is 5. The molecule has 0 bridgehead atoms. The molecule has 3 aromatic carbocycles. The number of carbonyl (C=O) groups is 1. The van der Waals surface area contributed by atoms with E-state index in [1.165, 1.54) is 12.1 Å². The number of anilines is 4. The number of carbonyl (C=O) groups excluding carboxylic acids is 1. The highest BCUT2D eigenvalue weighted by atomic mass is 32.2. The van der Waals surface area contributed by atoms with Crippen LogP contribution in [0.5, 0.6) is 11.6 Å². The van der Waals surface area contributed by atoms with Gasteiger partial charge in [0.1, 0.15) is 28.9 Å². The highest BCUT2D eigenvalue weighted by molar-refractivity contribution is 7.90. The van der Waals surface area contributed by atoms with Gasteiger partial charge in [0.15, 0.2) is 0 Å². The average molecular weight is 991 g/mol. The number of H-pyrrole nitrogens is 1. The molecule has 4 N–H and O–H groups in total. The molecule has 2 aromatic heterocycles. The number of benzene rings is 3. The summed E-state index contributed by atoms with van der Waals surface area (Å²) in [6.45, 7) is 10.9. The van der Waals surface area contributed by atoms with Gasteiger partial charge < -0.3 is 44.2 Å². The second-order valence-corrected chi connectivity index (χ2v) is 22.7. The van der Waals surface area contributed by atoms with E-state index < -0.39 is 43.1 Å². The predicted molar refractivity (Wildman–Crippen MR) is 267 cm³/mol. The van der Waals surface area contributed by atoms with Crippen LogP contribution in [0.1, 0.15) is 87.7 Å². The lowest BCUT2D eigenvalue weighted by Crippen LogP contribution is -2.67. The Hall–Kier alpha value is -5.99. The van der Waals surface area contributed by atoms with Crippen LogP contribution in [0, 0.1) is 21.4 Å². The fourth-order valence-corrected chi connectivity index (χ4v) is 12.8. The monoisotopic (exact) mass is 990 g/mol. The molecule has 71 heavy (non-hydrogen) atoms. The number of aromatic nitrogens is 2. The van der Waals surface area contributed by atoms with Crippen LogP contribution >= 0.6 is 0 Å². The molecule has 1 amide bonds. The number of pyridine rings is 1. The summed E-state index contributed by atoms with van der Waals surface area (Å²) in [5, 5.41) is 26.7. The number of aliphatic hydroxyl groups is 1. The van der Waals surface area contributed by atoms with Crippen LogP contribution in [0.4, 0.5) is 28.4 Å². The standard InChI is InChI=1S/C52H62N8O10S/c1-32(2)69-46-7-5-4-6-38(46)45-28-68-21-19-58(45)36-25-52(26-36)30-57(31-52)35-8-10-39(42(23-35)59-41-15-20-67-29-47(41)70-50-44(59)22-34-14-18-53-48(34)55-50)49(61)56-71(65,66)37-9-11-40(43(24-37)60(63)64)54-27-33-12-16-51(3,62)17-13-33/h4-11,14,18,22-24,32-33,36,41,45,47,54,62H,12-13,15-17,19-21,25-31H2,1-3H3,(H,53,55)(H,56,61)/t33?,41-,45-,47-,51?/m0/s1. The zero-order valence-electron chi connectivity index (χ0n) is 40.3. The minimum Gasteiger partial charge on any atom is -0.491 e. The number of nitro benzene ring substituents is 1. The number of morpholine rings is 1. The van der Waals surface area contributed by atoms with Crippen LogP contribution in [0.15, 0.2) is 83.9 Å².